The zero-order chi connectivity index (χ0) is 36.6. The van der Waals surface area contributed by atoms with Crippen LogP contribution in [0.15, 0.2) is 42.6 Å². The number of carbonyl (C=O) groups excluding carboxylic acids is 1. The molecular formula is C39H38Cl2FN5O4. The maximum absolute atomic E-state index is 15.2. The first-order chi connectivity index (χ1) is 24.2. The number of benzene rings is 3. The van der Waals surface area contributed by atoms with Crippen LogP contribution in [0.1, 0.15) is 68.3 Å². The minimum atomic E-state index is -1.24. The van der Waals surface area contributed by atoms with Crippen molar-refractivity contribution in [3.8, 4) is 16.9 Å². The maximum Gasteiger partial charge on any atom is 0.337 e. The van der Waals surface area contributed by atoms with Gasteiger partial charge in [0.1, 0.15) is 17.3 Å². The van der Waals surface area contributed by atoms with Crippen LogP contribution in [-0.2, 0) is 20.5 Å². The third-order valence-electron chi connectivity index (χ3n) is 10.1. The molecule has 1 atom stereocenters. The van der Waals surface area contributed by atoms with Gasteiger partial charge >= 0.3 is 5.97 Å². The highest BCUT2D eigenvalue weighted by molar-refractivity contribution is 6.35. The molecule has 0 unspecified atom stereocenters. The molecule has 4 heterocycles. The lowest BCUT2D eigenvalue weighted by Crippen LogP contribution is -2.43. The number of anilines is 1. The molecule has 6 aromatic rings. The number of amides is 1. The highest BCUT2D eigenvalue weighted by Gasteiger charge is 2.38. The Hall–Kier alpha value is -4.80. The van der Waals surface area contributed by atoms with Crippen molar-refractivity contribution in [2.24, 2.45) is 14.1 Å². The van der Waals surface area contributed by atoms with E-state index in [0.29, 0.717) is 46.4 Å². The summed E-state index contributed by atoms with van der Waals surface area (Å²) in [6.07, 6.45) is 2.52. The van der Waals surface area contributed by atoms with E-state index in [4.69, 9.17) is 27.9 Å². The minimum absolute atomic E-state index is 0.0317. The molecule has 3 aromatic carbocycles. The first-order valence-corrected chi connectivity index (χ1v) is 17.5. The summed E-state index contributed by atoms with van der Waals surface area (Å²) in [7, 11) is 3.56. The highest BCUT2D eigenvalue weighted by Crippen LogP contribution is 2.46. The number of carbonyl (C=O) groups is 2. The Morgan fingerprint density at radius 3 is 2.39 bits per heavy atom. The van der Waals surface area contributed by atoms with Crippen LogP contribution in [0.4, 0.5) is 10.1 Å². The summed E-state index contributed by atoms with van der Waals surface area (Å²) < 4.78 is 26.9. The van der Waals surface area contributed by atoms with Crippen LogP contribution in [0.25, 0.3) is 32.9 Å². The van der Waals surface area contributed by atoms with Crippen LogP contribution in [0.3, 0.4) is 0 Å². The number of ether oxygens (including phenoxy) is 1. The summed E-state index contributed by atoms with van der Waals surface area (Å²) in [5, 5.41) is 16.7. The van der Waals surface area contributed by atoms with Crippen LogP contribution in [-0.4, -0.2) is 49.0 Å². The zero-order valence-electron chi connectivity index (χ0n) is 29.5. The lowest BCUT2D eigenvalue weighted by molar-refractivity contribution is 0.0698. The fraction of sp³-hybridized carbons (Fsp3) is 0.308. The fourth-order valence-electron chi connectivity index (χ4n) is 7.81. The molecule has 12 heteroatoms. The quantitative estimate of drug-likeness (QED) is 0.158. The molecule has 3 aromatic heterocycles. The molecule has 0 fully saturated rings. The van der Waals surface area contributed by atoms with Gasteiger partial charge in [0.05, 0.1) is 45.0 Å². The van der Waals surface area contributed by atoms with E-state index in [1.165, 1.54) is 12.3 Å². The Balaban J connectivity index is 1.39. The summed E-state index contributed by atoms with van der Waals surface area (Å²) in [4.78, 5) is 28.7. The molecule has 1 aliphatic rings. The number of hydrogen-bond acceptors (Lipinski definition) is 4. The normalized spacial score (nSPS) is 14.6. The largest absolute Gasteiger partial charge is 0.494 e. The van der Waals surface area contributed by atoms with Crippen molar-refractivity contribution in [2.75, 3.05) is 18.1 Å². The average molecular weight is 731 g/mol. The number of aromatic carboxylic acids is 1. The van der Waals surface area contributed by atoms with Crippen LogP contribution in [0, 0.1) is 33.5 Å². The van der Waals surface area contributed by atoms with E-state index in [0.717, 1.165) is 55.9 Å². The molecule has 0 aliphatic carbocycles. The maximum atomic E-state index is 15.2. The van der Waals surface area contributed by atoms with Crippen molar-refractivity contribution in [1.82, 2.24) is 18.9 Å². The number of nitrogens with zero attached hydrogens (tertiary/aromatic N) is 5. The van der Waals surface area contributed by atoms with E-state index in [9.17, 15) is 14.7 Å². The van der Waals surface area contributed by atoms with Gasteiger partial charge in [0.25, 0.3) is 5.91 Å². The average Bonchev–Trinajstić information content (AvgIpc) is 3.69. The monoisotopic (exact) mass is 729 g/mol. The van der Waals surface area contributed by atoms with E-state index in [1.54, 1.807) is 22.6 Å². The summed E-state index contributed by atoms with van der Waals surface area (Å²) in [6, 6.07) is 10.3. The highest BCUT2D eigenvalue weighted by atomic mass is 35.5. The van der Waals surface area contributed by atoms with Gasteiger partial charge in [-0.05, 0) is 94.5 Å². The number of carboxylic acid groups (broad SMARTS) is 1. The molecule has 0 saturated carbocycles. The Morgan fingerprint density at radius 2 is 1.75 bits per heavy atom. The standard InChI is InChI=1S/C39H38Cl2FN5O4/c1-19-15-24(16-20(2)34(19)41)51-14-8-9-25-26-10-11-28(40)33(31-22(4)43-45(7)23(31)5)35(26)47-21(3)17-46(38(48)36(25)47)30-13-12-29(42)32-27(39(49)50)18-44(6)37(30)32/h10-13,15-16,18,21H,8-9,14,17H2,1-7H3,(H,49,50)/t21-/m1/s1. The predicted molar refractivity (Wildman–Crippen MR) is 200 cm³/mol. The van der Waals surface area contributed by atoms with E-state index in [2.05, 4.69) is 9.67 Å². The number of rotatable bonds is 8. The lowest BCUT2D eigenvalue weighted by Gasteiger charge is -2.35. The van der Waals surface area contributed by atoms with E-state index in [-0.39, 0.29) is 29.4 Å². The Bertz CT molecular complexity index is 2420. The van der Waals surface area contributed by atoms with Gasteiger partial charge in [-0.2, -0.15) is 5.10 Å². The van der Waals surface area contributed by atoms with Gasteiger partial charge in [0, 0.05) is 60.1 Å². The molecule has 264 valence electrons. The summed E-state index contributed by atoms with van der Waals surface area (Å²) in [6.45, 7) is 10.6. The van der Waals surface area contributed by atoms with Crippen LogP contribution in [0.5, 0.6) is 5.75 Å². The van der Waals surface area contributed by atoms with E-state index >= 15 is 4.39 Å². The molecule has 1 aliphatic heterocycles. The topological polar surface area (TPSA) is 94.5 Å². The van der Waals surface area contributed by atoms with Gasteiger partial charge in [-0.1, -0.05) is 29.3 Å². The molecule has 0 spiro atoms. The van der Waals surface area contributed by atoms with Crippen LogP contribution in [0.2, 0.25) is 10.0 Å². The number of hydrogen-bond donors (Lipinski definition) is 1. The van der Waals surface area contributed by atoms with Crippen LogP contribution >= 0.6 is 23.2 Å². The third kappa shape index (κ3) is 5.47. The van der Waals surface area contributed by atoms with Crippen molar-refractivity contribution < 1.29 is 23.8 Å². The van der Waals surface area contributed by atoms with Gasteiger partial charge < -0.3 is 23.9 Å². The third-order valence-corrected chi connectivity index (χ3v) is 11.0. The molecule has 0 saturated heterocycles. The van der Waals surface area contributed by atoms with Crippen molar-refractivity contribution in [2.45, 2.75) is 53.5 Å². The predicted octanol–water partition coefficient (Wildman–Crippen LogP) is 9.14. The van der Waals surface area contributed by atoms with Crippen molar-refractivity contribution >= 4 is 62.6 Å². The molecular weight excluding hydrogens is 692 g/mol. The van der Waals surface area contributed by atoms with E-state index in [1.807, 2.05) is 70.6 Å². The Labute approximate surface area is 304 Å². The Kier molecular flexibility index (Phi) is 8.66. The van der Waals surface area contributed by atoms with Gasteiger partial charge in [0.15, 0.2) is 0 Å². The second-order valence-corrected chi connectivity index (χ2v) is 14.3. The SMILES string of the molecule is Cc1cc(OCCCc2c3n(c4c(-c5c(C)nn(C)c5C)c(Cl)ccc24)[C@H](C)CN(c2ccc(F)c4c(C(=O)O)cn(C)c24)C3=O)cc(C)c1Cl. The number of fused-ring (bicyclic) bond motifs is 4. The second-order valence-electron chi connectivity index (χ2n) is 13.5. The van der Waals surface area contributed by atoms with Crippen molar-refractivity contribution in [3.63, 3.8) is 0 Å². The summed E-state index contributed by atoms with van der Waals surface area (Å²) >= 11 is 13.4. The van der Waals surface area contributed by atoms with Gasteiger partial charge in [-0.25, -0.2) is 9.18 Å². The van der Waals surface area contributed by atoms with Gasteiger partial charge in [-0.3, -0.25) is 9.48 Å². The first-order valence-electron chi connectivity index (χ1n) is 16.8. The van der Waals surface area contributed by atoms with Crippen LogP contribution < -0.4 is 9.64 Å². The van der Waals surface area contributed by atoms with Crippen molar-refractivity contribution in [1.29, 1.82) is 0 Å². The first kappa shape index (κ1) is 34.6. The molecule has 0 radical (unpaired) electrons. The minimum Gasteiger partial charge on any atom is -0.494 e. The summed E-state index contributed by atoms with van der Waals surface area (Å²) in [5.41, 5.74) is 8.22. The molecule has 1 N–H and O–H groups in total. The number of carboxylic acids is 1. The molecule has 1 amide bonds. The molecule has 7 rings (SSSR count). The molecule has 51 heavy (non-hydrogen) atoms. The summed E-state index contributed by atoms with van der Waals surface area (Å²) in [5.74, 6) is -1.44. The lowest BCUT2D eigenvalue weighted by atomic mass is 9.98. The molecule has 9 nitrogen and oxygen atoms in total. The fourth-order valence-corrected chi connectivity index (χ4v) is 8.16. The smallest absolute Gasteiger partial charge is 0.337 e. The second kappa shape index (κ2) is 12.8. The van der Waals surface area contributed by atoms with Crippen molar-refractivity contribution in [3.05, 3.63) is 97.8 Å². The number of aryl methyl sites for hydroxylation is 6. The zero-order valence-corrected chi connectivity index (χ0v) is 31.0. The number of aromatic nitrogens is 4. The van der Waals surface area contributed by atoms with Gasteiger partial charge in [-0.15, -0.1) is 0 Å². The number of halogens is 3. The van der Waals surface area contributed by atoms with E-state index < -0.39 is 11.8 Å². The molecule has 0 bridgehead atoms. The Morgan fingerprint density at radius 1 is 1.04 bits per heavy atom. The van der Waals surface area contributed by atoms with Gasteiger partial charge in [0.2, 0.25) is 0 Å².